The van der Waals surface area contributed by atoms with Crippen molar-refractivity contribution in [1.29, 1.82) is 0 Å². The summed E-state index contributed by atoms with van der Waals surface area (Å²) < 4.78 is 3.83. The molecule has 0 spiro atoms. The fourth-order valence-corrected chi connectivity index (χ4v) is 1.21. The Hall–Kier alpha value is -1.16. The fraction of sp³-hybridized carbons (Fsp3) is 0. The summed E-state index contributed by atoms with van der Waals surface area (Å²) in [4.78, 5) is 8.05. The van der Waals surface area contributed by atoms with Gasteiger partial charge in [-0.05, 0) is 17.6 Å². The summed E-state index contributed by atoms with van der Waals surface area (Å²) in [5, 5.41) is 0. The van der Waals surface area contributed by atoms with Gasteiger partial charge in [0.25, 0.3) is 0 Å². The van der Waals surface area contributed by atoms with Crippen LogP contribution in [0.1, 0.15) is 0 Å². The van der Waals surface area contributed by atoms with Gasteiger partial charge in [-0.25, -0.2) is 4.98 Å². The minimum absolute atomic E-state index is 0.860. The Balaban J connectivity index is 2.48. The standard InChI is InChI=1S/C6H4N3S/c1-2-9-10-5(1)6-7-3-4-8-6/h1,3-4H,(H,7,8). The van der Waals surface area contributed by atoms with Gasteiger partial charge in [-0.3, -0.25) is 0 Å². The van der Waals surface area contributed by atoms with E-state index >= 15 is 0 Å². The first-order chi connectivity index (χ1) is 4.97. The summed E-state index contributed by atoms with van der Waals surface area (Å²) in [7, 11) is 0. The van der Waals surface area contributed by atoms with E-state index in [1.165, 1.54) is 11.5 Å². The van der Waals surface area contributed by atoms with E-state index in [1.54, 1.807) is 12.4 Å². The van der Waals surface area contributed by atoms with Crippen LogP contribution < -0.4 is 0 Å². The number of H-pyrrole nitrogens is 1. The zero-order chi connectivity index (χ0) is 6.81. The highest BCUT2D eigenvalue weighted by Crippen LogP contribution is 2.16. The molecule has 2 heterocycles. The number of nitrogens with zero attached hydrogens (tertiary/aromatic N) is 2. The lowest BCUT2D eigenvalue weighted by molar-refractivity contribution is 1.33. The van der Waals surface area contributed by atoms with Crippen LogP contribution in [0.5, 0.6) is 0 Å². The third kappa shape index (κ3) is 0.823. The van der Waals surface area contributed by atoms with Crippen LogP contribution in [-0.4, -0.2) is 14.3 Å². The second kappa shape index (κ2) is 2.22. The minimum atomic E-state index is 0.860. The molecule has 0 saturated carbocycles. The second-order valence-electron chi connectivity index (χ2n) is 1.76. The smallest absolute Gasteiger partial charge is 0.149 e. The highest BCUT2D eigenvalue weighted by atomic mass is 32.1. The predicted octanol–water partition coefficient (Wildman–Crippen LogP) is 1.33. The summed E-state index contributed by atoms with van der Waals surface area (Å²) in [5.74, 6) is 0.860. The Kier molecular flexibility index (Phi) is 1.25. The maximum absolute atomic E-state index is 4.05. The van der Waals surface area contributed by atoms with Gasteiger partial charge < -0.3 is 4.98 Å². The molecule has 0 fully saturated rings. The van der Waals surface area contributed by atoms with Crippen LogP contribution in [0.4, 0.5) is 0 Å². The first kappa shape index (κ1) is 5.61. The molecule has 0 saturated heterocycles. The molecule has 2 rings (SSSR count). The molecular formula is C6H4N3S. The molecule has 2 aromatic heterocycles. The average molecular weight is 150 g/mol. The van der Waals surface area contributed by atoms with Gasteiger partial charge in [-0.15, -0.1) is 0 Å². The third-order valence-corrected chi connectivity index (χ3v) is 1.83. The van der Waals surface area contributed by atoms with Crippen molar-refractivity contribution >= 4 is 11.5 Å². The van der Waals surface area contributed by atoms with E-state index in [0.717, 1.165) is 10.7 Å². The fourth-order valence-electron chi connectivity index (χ4n) is 0.698. The van der Waals surface area contributed by atoms with E-state index < -0.39 is 0 Å². The van der Waals surface area contributed by atoms with Crippen LogP contribution in [0.2, 0.25) is 0 Å². The third-order valence-electron chi connectivity index (χ3n) is 1.12. The Labute approximate surface area is 61.9 Å². The first-order valence-electron chi connectivity index (χ1n) is 2.79. The molecule has 0 aliphatic carbocycles. The van der Waals surface area contributed by atoms with Crippen LogP contribution in [0.3, 0.4) is 0 Å². The highest BCUT2D eigenvalue weighted by Gasteiger charge is 1.98. The largest absolute Gasteiger partial charge is 0.344 e. The Morgan fingerprint density at radius 3 is 3.20 bits per heavy atom. The molecule has 4 heteroatoms. The predicted molar refractivity (Wildman–Crippen MR) is 38.5 cm³/mol. The summed E-state index contributed by atoms with van der Waals surface area (Å²) in [6.07, 6.45) is 6.23. The molecule has 1 radical (unpaired) electrons. The maximum atomic E-state index is 4.05. The van der Waals surface area contributed by atoms with E-state index in [0.29, 0.717) is 0 Å². The maximum Gasteiger partial charge on any atom is 0.149 e. The highest BCUT2D eigenvalue weighted by molar-refractivity contribution is 7.09. The van der Waals surface area contributed by atoms with E-state index in [1.807, 2.05) is 6.07 Å². The van der Waals surface area contributed by atoms with Crippen molar-refractivity contribution in [3.63, 3.8) is 0 Å². The first-order valence-corrected chi connectivity index (χ1v) is 3.56. The summed E-state index contributed by atoms with van der Waals surface area (Å²) >= 11 is 1.38. The van der Waals surface area contributed by atoms with Crippen molar-refractivity contribution < 1.29 is 0 Å². The molecule has 0 bridgehead atoms. The Morgan fingerprint density at radius 1 is 1.60 bits per heavy atom. The average Bonchev–Trinajstić information content (AvgIpc) is 2.59. The molecular weight excluding hydrogens is 146 g/mol. The summed E-state index contributed by atoms with van der Waals surface area (Å²) in [5.41, 5.74) is 0. The van der Waals surface area contributed by atoms with Crippen LogP contribution >= 0.6 is 11.5 Å². The van der Waals surface area contributed by atoms with Crippen LogP contribution in [0.25, 0.3) is 10.7 Å². The van der Waals surface area contributed by atoms with E-state index in [9.17, 15) is 0 Å². The quantitative estimate of drug-likeness (QED) is 0.666. The Morgan fingerprint density at radius 2 is 2.60 bits per heavy atom. The van der Waals surface area contributed by atoms with Crippen LogP contribution in [0.15, 0.2) is 18.5 Å². The zero-order valence-electron chi connectivity index (χ0n) is 5.03. The van der Waals surface area contributed by atoms with Gasteiger partial charge in [0, 0.05) is 12.4 Å². The number of nitrogens with one attached hydrogen (secondary N) is 1. The summed E-state index contributed by atoms with van der Waals surface area (Å²) in [6.45, 7) is 0. The van der Waals surface area contributed by atoms with Crippen molar-refractivity contribution in [1.82, 2.24) is 14.3 Å². The van der Waals surface area contributed by atoms with E-state index in [-0.39, 0.29) is 0 Å². The van der Waals surface area contributed by atoms with Gasteiger partial charge in [0.05, 0.1) is 4.88 Å². The Bertz CT molecular complexity index is 252. The second-order valence-corrected chi connectivity index (χ2v) is 2.56. The molecule has 3 nitrogen and oxygen atoms in total. The molecule has 0 atom stereocenters. The lowest BCUT2D eigenvalue weighted by Crippen LogP contribution is -1.71. The molecule has 0 unspecified atom stereocenters. The van der Waals surface area contributed by atoms with Crippen molar-refractivity contribution in [2.45, 2.75) is 0 Å². The number of rotatable bonds is 1. The van der Waals surface area contributed by atoms with Gasteiger partial charge in [0.1, 0.15) is 12.0 Å². The normalized spacial score (nSPS) is 10.0. The number of hydrogen-bond acceptors (Lipinski definition) is 3. The van der Waals surface area contributed by atoms with Gasteiger partial charge in [0.2, 0.25) is 0 Å². The lowest BCUT2D eigenvalue weighted by Gasteiger charge is -1.83. The van der Waals surface area contributed by atoms with E-state index in [2.05, 4.69) is 20.5 Å². The SMILES string of the molecule is [c]1cc(-c2ncc[nH]2)sn1. The van der Waals surface area contributed by atoms with Crippen molar-refractivity contribution in [2.24, 2.45) is 0 Å². The molecule has 49 valence electrons. The molecule has 1 N–H and O–H groups in total. The van der Waals surface area contributed by atoms with Gasteiger partial charge in [-0.1, -0.05) is 0 Å². The molecule has 0 amide bonds. The number of hydrogen-bond donors (Lipinski definition) is 1. The lowest BCUT2D eigenvalue weighted by atomic mass is 10.5. The summed E-state index contributed by atoms with van der Waals surface area (Å²) in [6, 6.07) is 1.81. The molecule has 0 aliphatic rings. The molecule has 10 heavy (non-hydrogen) atoms. The minimum Gasteiger partial charge on any atom is -0.344 e. The van der Waals surface area contributed by atoms with Crippen molar-refractivity contribution in [2.75, 3.05) is 0 Å². The van der Waals surface area contributed by atoms with Crippen molar-refractivity contribution in [3.05, 3.63) is 24.7 Å². The van der Waals surface area contributed by atoms with Gasteiger partial charge in [-0.2, -0.15) is 4.37 Å². The van der Waals surface area contributed by atoms with E-state index in [4.69, 9.17) is 0 Å². The number of aromatic nitrogens is 3. The number of imidazole rings is 1. The molecule has 0 aliphatic heterocycles. The zero-order valence-corrected chi connectivity index (χ0v) is 5.85. The monoisotopic (exact) mass is 150 g/mol. The van der Waals surface area contributed by atoms with Crippen molar-refractivity contribution in [3.8, 4) is 10.7 Å². The van der Waals surface area contributed by atoms with Gasteiger partial charge in [0.15, 0.2) is 0 Å². The number of aromatic amines is 1. The van der Waals surface area contributed by atoms with Crippen LogP contribution in [0, 0.1) is 6.20 Å². The topological polar surface area (TPSA) is 41.6 Å². The van der Waals surface area contributed by atoms with Gasteiger partial charge >= 0.3 is 0 Å². The molecule has 0 aromatic carbocycles. The molecule has 2 aromatic rings. The van der Waals surface area contributed by atoms with Crippen LogP contribution in [-0.2, 0) is 0 Å².